The van der Waals surface area contributed by atoms with Gasteiger partial charge >= 0.3 is 12.2 Å². The minimum atomic E-state index is -1.26. The molecule has 0 bridgehead atoms. The fraction of sp³-hybridized carbons (Fsp3) is 0.516. The van der Waals surface area contributed by atoms with Gasteiger partial charge in [-0.25, -0.2) is 14.5 Å². The number of aliphatic imine (C=N–C) groups is 1. The highest BCUT2D eigenvalue weighted by Crippen LogP contribution is 2.57. The summed E-state index contributed by atoms with van der Waals surface area (Å²) < 4.78 is 11.8. The van der Waals surface area contributed by atoms with Gasteiger partial charge in [0.2, 0.25) is 23.6 Å². The summed E-state index contributed by atoms with van der Waals surface area (Å²) >= 11 is 0. The van der Waals surface area contributed by atoms with E-state index >= 15 is 0 Å². The molecule has 0 aromatic heterocycles. The van der Waals surface area contributed by atoms with Gasteiger partial charge in [0.1, 0.15) is 5.54 Å². The molecule has 10 heteroatoms. The summed E-state index contributed by atoms with van der Waals surface area (Å²) in [6, 6.07) is 8.94. The lowest BCUT2D eigenvalue weighted by Gasteiger charge is -2.49. The molecule has 6 rings (SSSR count). The van der Waals surface area contributed by atoms with Crippen LogP contribution in [0.4, 0.5) is 15.3 Å². The third-order valence-corrected chi connectivity index (χ3v) is 9.21. The van der Waals surface area contributed by atoms with E-state index in [2.05, 4.69) is 0 Å². The second kappa shape index (κ2) is 10.2. The van der Waals surface area contributed by atoms with E-state index in [-0.39, 0.29) is 23.6 Å². The van der Waals surface area contributed by atoms with Crippen molar-refractivity contribution in [1.82, 2.24) is 9.80 Å². The molecule has 3 fully saturated rings. The maximum absolute atomic E-state index is 14.2. The molecule has 1 aromatic rings. The molecule has 5 aliphatic rings. The molecule has 3 aliphatic heterocycles. The second-order valence-corrected chi connectivity index (χ2v) is 11.5. The van der Waals surface area contributed by atoms with Gasteiger partial charge in [-0.3, -0.25) is 19.5 Å². The first kappa shape index (κ1) is 27.2. The van der Waals surface area contributed by atoms with Crippen LogP contribution in [0.3, 0.4) is 0 Å². The number of hydrogen-bond donors (Lipinski definition) is 0. The van der Waals surface area contributed by atoms with Crippen LogP contribution in [0.5, 0.6) is 0 Å². The first-order valence-electron chi connectivity index (χ1n) is 14.7. The number of carbonyl (C=O) groups is 4. The Labute approximate surface area is 239 Å². The van der Waals surface area contributed by atoms with E-state index in [1.54, 1.807) is 24.3 Å². The molecule has 0 spiro atoms. The molecule has 0 unspecified atom stereocenters. The number of ether oxygens (including phenoxy) is 2. The Morgan fingerprint density at radius 3 is 2.44 bits per heavy atom. The van der Waals surface area contributed by atoms with Gasteiger partial charge in [0.25, 0.3) is 0 Å². The molecule has 3 heterocycles. The van der Waals surface area contributed by atoms with Crippen molar-refractivity contribution in [2.24, 2.45) is 28.7 Å². The number of hydrogen-bond acceptors (Lipinski definition) is 7. The van der Waals surface area contributed by atoms with E-state index in [1.165, 1.54) is 14.7 Å². The molecule has 1 aromatic carbocycles. The summed E-state index contributed by atoms with van der Waals surface area (Å²) in [5.74, 6) is -1.74. The molecule has 1 saturated carbocycles. The molecular weight excluding hydrogens is 524 g/mol. The number of imide groups is 1. The largest absolute Gasteiger partial charge is 0.424 e. The van der Waals surface area contributed by atoms with Crippen molar-refractivity contribution >= 4 is 35.6 Å². The highest BCUT2D eigenvalue weighted by atomic mass is 16.6. The zero-order valence-corrected chi connectivity index (χ0v) is 24.0. The van der Waals surface area contributed by atoms with Crippen molar-refractivity contribution in [1.29, 1.82) is 0 Å². The van der Waals surface area contributed by atoms with Crippen molar-refractivity contribution in [3.8, 4) is 0 Å². The van der Waals surface area contributed by atoms with E-state index < -0.39 is 35.5 Å². The highest BCUT2D eigenvalue weighted by molar-refractivity contribution is 6.23. The van der Waals surface area contributed by atoms with Gasteiger partial charge in [-0.15, -0.1) is 0 Å². The third kappa shape index (κ3) is 4.09. The highest BCUT2D eigenvalue weighted by Gasteiger charge is 2.68. The number of anilines is 1. The van der Waals surface area contributed by atoms with Crippen molar-refractivity contribution in [3.05, 3.63) is 53.4 Å². The lowest BCUT2D eigenvalue weighted by Crippen LogP contribution is -2.60. The molecule has 4 atom stereocenters. The number of cyclic esters (lactones) is 1. The lowest BCUT2D eigenvalue weighted by atomic mass is 9.61. The van der Waals surface area contributed by atoms with Crippen molar-refractivity contribution in [3.63, 3.8) is 0 Å². The number of benzene rings is 1. The van der Waals surface area contributed by atoms with Crippen LogP contribution in [0.15, 0.2) is 58.4 Å². The number of fused-ring (bicyclic) bond motifs is 5. The second-order valence-electron chi connectivity index (χ2n) is 11.5. The smallest absolute Gasteiger partial charge is 0.393 e. The first-order chi connectivity index (χ1) is 19.8. The summed E-state index contributed by atoms with van der Waals surface area (Å²) in [6.45, 7) is 8.87. The Kier molecular flexibility index (Phi) is 6.74. The Balaban J connectivity index is 1.51. The van der Waals surface area contributed by atoms with Crippen LogP contribution in [0.1, 0.15) is 53.4 Å². The monoisotopic (exact) mass is 560 g/mol. The zero-order valence-electron chi connectivity index (χ0n) is 24.0. The minimum absolute atomic E-state index is 0.117. The van der Waals surface area contributed by atoms with Gasteiger partial charge in [-0.1, -0.05) is 31.2 Å². The fourth-order valence-electron chi connectivity index (χ4n) is 6.88. The predicted molar refractivity (Wildman–Crippen MR) is 151 cm³/mol. The third-order valence-electron chi connectivity index (χ3n) is 9.21. The van der Waals surface area contributed by atoms with Gasteiger partial charge in [0, 0.05) is 31.1 Å². The Morgan fingerprint density at radius 2 is 1.80 bits per heavy atom. The Morgan fingerprint density at radius 1 is 1.10 bits per heavy atom. The van der Waals surface area contributed by atoms with E-state index in [9.17, 15) is 19.2 Å². The number of amides is 4. The normalized spacial score (nSPS) is 29.8. The maximum atomic E-state index is 14.2. The molecule has 41 heavy (non-hydrogen) atoms. The summed E-state index contributed by atoms with van der Waals surface area (Å²) in [5.41, 5.74) is 0.729. The van der Waals surface area contributed by atoms with Crippen LogP contribution in [-0.4, -0.2) is 64.9 Å². The first-order valence-corrected chi connectivity index (χ1v) is 14.7. The number of carbonyl (C=O) groups excluding carboxylic acids is 4. The quantitative estimate of drug-likeness (QED) is 0.440. The molecule has 216 valence electrons. The molecule has 10 nitrogen and oxygen atoms in total. The lowest BCUT2D eigenvalue weighted by molar-refractivity contribution is -0.123. The summed E-state index contributed by atoms with van der Waals surface area (Å²) in [5, 5.41) is 0. The maximum Gasteiger partial charge on any atom is 0.424 e. The van der Waals surface area contributed by atoms with E-state index in [0.29, 0.717) is 49.7 Å². The van der Waals surface area contributed by atoms with Crippen LogP contribution in [0.2, 0.25) is 0 Å². The summed E-state index contributed by atoms with van der Waals surface area (Å²) in [6.07, 6.45) is 3.66. The summed E-state index contributed by atoms with van der Waals surface area (Å²) in [4.78, 5) is 63.8. The molecule has 2 saturated heterocycles. The molecule has 0 radical (unpaired) electrons. The average Bonchev–Trinajstić information content (AvgIpc) is 3.71. The van der Waals surface area contributed by atoms with E-state index in [4.69, 9.17) is 14.5 Å². The minimum Gasteiger partial charge on any atom is -0.393 e. The SMILES string of the molecule is CCC1=C(OC(=O)N(CC)CC)N2C(=O)OC(=NCC3CC3)[C@]2(C)[C@H]2C1=CC[C@H]1C(=O)N(c3ccccc3)C(=O)[C@H]12. The predicted octanol–water partition coefficient (Wildman–Crippen LogP) is 4.87. The average molecular weight is 561 g/mol. The Hall–Kier alpha value is -3.95. The van der Waals surface area contributed by atoms with Crippen molar-refractivity contribution < 1.29 is 28.7 Å². The molecule has 2 aliphatic carbocycles. The zero-order chi connectivity index (χ0) is 29.1. The van der Waals surface area contributed by atoms with Crippen LogP contribution < -0.4 is 4.90 Å². The number of allylic oxidation sites excluding steroid dienone is 2. The summed E-state index contributed by atoms with van der Waals surface area (Å²) in [7, 11) is 0. The standard InChI is InChI=1S/C31H36N4O6/c1-5-20-21-15-16-22-23(26(37)34(25(22)36)19-11-9-8-10-12-19)24(21)31(4)28(32-17-18-13-14-18)41-30(39)35(31)27(20)40-29(38)33(6-2)7-3/h8-12,15,18,22-24H,5-7,13-14,16-17H2,1-4H3/t22-,23-,24+,31+/m1/s1. The number of rotatable bonds is 7. The number of para-hydroxylation sites is 1. The van der Waals surface area contributed by atoms with Gasteiger partial charge < -0.3 is 14.4 Å². The van der Waals surface area contributed by atoms with Gasteiger partial charge in [-0.2, -0.15) is 0 Å². The van der Waals surface area contributed by atoms with Crippen molar-refractivity contribution in [2.75, 3.05) is 24.5 Å². The van der Waals surface area contributed by atoms with E-state index in [1.807, 2.05) is 39.8 Å². The van der Waals surface area contributed by atoms with Crippen LogP contribution >= 0.6 is 0 Å². The molecule has 4 amide bonds. The van der Waals surface area contributed by atoms with Crippen LogP contribution in [0.25, 0.3) is 0 Å². The fourth-order valence-corrected chi connectivity index (χ4v) is 6.88. The molecular formula is C31H36N4O6. The van der Waals surface area contributed by atoms with Gasteiger partial charge in [0.05, 0.1) is 17.5 Å². The van der Waals surface area contributed by atoms with Gasteiger partial charge in [0.15, 0.2) is 0 Å². The number of nitrogens with zero attached hydrogens (tertiary/aromatic N) is 4. The molecule has 0 N–H and O–H groups in total. The van der Waals surface area contributed by atoms with Crippen LogP contribution in [0, 0.1) is 23.7 Å². The topological polar surface area (TPSA) is 109 Å². The van der Waals surface area contributed by atoms with Crippen molar-refractivity contribution in [2.45, 2.75) is 58.9 Å². The Bertz CT molecular complexity index is 1390. The van der Waals surface area contributed by atoms with E-state index in [0.717, 1.165) is 18.4 Å². The van der Waals surface area contributed by atoms with Gasteiger partial charge in [-0.05, 0) is 70.1 Å². The van der Waals surface area contributed by atoms with Crippen LogP contribution in [-0.2, 0) is 19.1 Å².